The van der Waals surface area contributed by atoms with Crippen molar-refractivity contribution in [2.24, 2.45) is 0 Å². The second-order valence-electron chi connectivity index (χ2n) is 20.3. The van der Waals surface area contributed by atoms with Crippen LogP contribution in [0.4, 0.5) is 5.69 Å². The molecule has 0 aromatic heterocycles. The second kappa shape index (κ2) is 22.4. The van der Waals surface area contributed by atoms with Gasteiger partial charge in [0.2, 0.25) is 0 Å². The van der Waals surface area contributed by atoms with Crippen molar-refractivity contribution in [1.29, 1.82) is 0 Å². The van der Waals surface area contributed by atoms with Gasteiger partial charge < -0.3 is 0 Å². The van der Waals surface area contributed by atoms with Gasteiger partial charge in [0.25, 0.3) is 0 Å². The van der Waals surface area contributed by atoms with Gasteiger partial charge in [0.15, 0.2) is 0 Å². The van der Waals surface area contributed by atoms with E-state index in [1.807, 2.05) is 0 Å². The van der Waals surface area contributed by atoms with Gasteiger partial charge in [0.05, 0.1) is 0 Å². The van der Waals surface area contributed by atoms with Gasteiger partial charge >= 0.3 is 348 Å². The molecule has 0 saturated heterocycles. The van der Waals surface area contributed by atoms with Crippen LogP contribution in [0.15, 0.2) is 133 Å². The van der Waals surface area contributed by atoms with Crippen molar-refractivity contribution in [3.8, 4) is 0 Å². The molecule has 0 fully saturated rings. The maximum atomic E-state index is 7.45. The average Bonchev–Trinajstić information content (AvgIpc) is 3.17. The molecule has 0 unspecified atom stereocenters. The first-order valence-electron chi connectivity index (χ1n) is 22.7. The Morgan fingerprint density at radius 2 is 0.758 bits per heavy atom. The molecule has 5 nitrogen and oxygen atoms in total. The molecule has 0 amide bonds. The summed E-state index contributed by atoms with van der Waals surface area (Å²) in [6.07, 6.45) is 5.54. The van der Waals surface area contributed by atoms with Crippen LogP contribution in [0.5, 0.6) is 0 Å². The van der Waals surface area contributed by atoms with Crippen LogP contribution in [0.3, 0.4) is 0 Å². The average molecular weight is 917 g/mol. The summed E-state index contributed by atoms with van der Waals surface area (Å²) in [5, 5.41) is 0. The van der Waals surface area contributed by atoms with Crippen LogP contribution in [0.2, 0.25) is 0 Å². The van der Waals surface area contributed by atoms with Crippen LogP contribution in [-0.4, -0.2) is 47.4 Å². The Morgan fingerprint density at radius 3 is 1.00 bits per heavy atom. The Balaban J connectivity index is 0.00000131. The maximum absolute atomic E-state index is 7.45. The zero-order chi connectivity index (χ0) is 45.8. The summed E-state index contributed by atoms with van der Waals surface area (Å²) in [6.45, 7) is 31.9. The molecule has 0 heterocycles. The summed E-state index contributed by atoms with van der Waals surface area (Å²) < 4.78 is 31.8. The van der Waals surface area contributed by atoms with Crippen molar-refractivity contribution < 1.29 is 17.0 Å². The predicted molar refractivity (Wildman–Crippen MR) is 266 cm³/mol. The molecule has 0 atom stereocenters. The minimum absolute atomic E-state index is 0.132. The quantitative estimate of drug-likeness (QED) is 0.0560. The molecule has 0 aliphatic heterocycles. The van der Waals surface area contributed by atoms with Gasteiger partial charge in [-0.05, 0) is 0 Å². The van der Waals surface area contributed by atoms with E-state index >= 15 is 0 Å². The van der Waals surface area contributed by atoms with Gasteiger partial charge in [-0.3, -0.25) is 0 Å². The first kappa shape index (κ1) is 51.1. The van der Waals surface area contributed by atoms with Gasteiger partial charge in [-0.25, -0.2) is 0 Å². The van der Waals surface area contributed by atoms with Crippen LogP contribution in [0.25, 0.3) is 0 Å². The molecule has 5 aromatic rings. The summed E-state index contributed by atoms with van der Waals surface area (Å²) in [4.78, 5) is 0. The second-order valence-corrected chi connectivity index (χ2v) is 25.1. The Bertz CT molecular complexity index is 1820. The number of hydrogen-bond donors (Lipinski definition) is 0. The number of benzene rings is 5. The molecule has 0 aliphatic rings. The van der Waals surface area contributed by atoms with E-state index in [0.717, 1.165) is 16.8 Å². The van der Waals surface area contributed by atoms with Crippen LogP contribution in [0, 0.1) is 6.92 Å². The summed E-state index contributed by atoms with van der Waals surface area (Å²) in [7, 11) is -3.98. The standard InChI is InChI=1S/C49H63GeNO4Si.C6H14/c1-36-34-41(43(37-26-18-14-19-27-37)38-28-20-15-21-29-38)45(42(35-36)44(39-30-22-16-23-31-39)40-32-24-17-25-33-40)51(50-52-46(2,3)4)56(53-47(5,6)7,54-48(8,9)10)55-49(11,12)13;1-3-5-6-4-2/h14-35,43-44H,1-13H3;3-6H2,1-2H3. The molecule has 2 radical (unpaired) electrons. The van der Waals surface area contributed by atoms with Gasteiger partial charge in [-0.15, -0.1) is 0 Å². The summed E-state index contributed by atoms with van der Waals surface area (Å²) >= 11 is -1.52. The summed E-state index contributed by atoms with van der Waals surface area (Å²) in [5.74, 6) is -0.264. The Kier molecular flexibility index (Phi) is 18.5. The van der Waals surface area contributed by atoms with Crippen molar-refractivity contribution in [1.82, 2.24) is 0 Å². The topological polar surface area (TPSA) is 40.2 Å². The molecular formula is C55H77GeNO4Si. The van der Waals surface area contributed by atoms with Crippen molar-refractivity contribution in [3.05, 3.63) is 172 Å². The van der Waals surface area contributed by atoms with Crippen molar-refractivity contribution >= 4 is 30.6 Å². The minimum atomic E-state index is -3.98. The van der Waals surface area contributed by atoms with Crippen molar-refractivity contribution in [2.75, 3.05) is 3.52 Å². The molecule has 334 valence electrons. The molecule has 5 rings (SSSR count). The third kappa shape index (κ3) is 15.6. The SMILES string of the molecule is CCCCCC.Cc1cc(C(c2ccccc2)c2ccccc2)c([N]([Ge][O]C(C)(C)C)[Si](OC(C)(C)C)(OC(C)(C)C)OC(C)(C)C)c(C(c2ccccc2)c2ccccc2)c1. The Hall–Kier alpha value is -3.50. The van der Waals surface area contributed by atoms with E-state index < -0.39 is 47.4 Å². The third-order valence-electron chi connectivity index (χ3n) is 9.67. The number of rotatable bonds is 16. The van der Waals surface area contributed by atoms with E-state index in [1.165, 1.54) is 53.5 Å². The van der Waals surface area contributed by atoms with Crippen molar-refractivity contribution in [3.63, 3.8) is 0 Å². The Labute approximate surface area is 385 Å². The molecule has 0 bridgehead atoms. The number of anilines is 1. The van der Waals surface area contributed by atoms with E-state index in [4.69, 9.17) is 17.0 Å². The van der Waals surface area contributed by atoms with Gasteiger partial charge in [0, 0.05) is 0 Å². The Morgan fingerprint density at radius 1 is 0.468 bits per heavy atom. The molecule has 0 aliphatic carbocycles. The molecule has 7 heteroatoms. The predicted octanol–water partition coefficient (Wildman–Crippen LogP) is 15.0. The van der Waals surface area contributed by atoms with Crippen molar-refractivity contribution in [2.45, 2.75) is 164 Å². The molecular weight excluding hydrogens is 839 g/mol. The zero-order valence-corrected chi connectivity index (χ0v) is 43.9. The molecule has 5 aromatic carbocycles. The van der Waals surface area contributed by atoms with E-state index in [-0.39, 0.29) is 11.8 Å². The number of hydrogen-bond acceptors (Lipinski definition) is 5. The van der Waals surface area contributed by atoms with Crippen LogP contribution in [-0.2, 0) is 17.0 Å². The van der Waals surface area contributed by atoms with E-state index in [9.17, 15) is 0 Å². The fraction of sp³-hybridized carbons (Fsp3) is 0.455. The zero-order valence-electron chi connectivity index (χ0n) is 40.8. The number of nitrogens with zero attached hydrogens (tertiary/aromatic N) is 1. The molecule has 62 heavy (non-hydrogen) atoms. The fourth-order valence-electron chi connectivity index (χ4n) is 7.50. The molecule has 0 saturated carbocycles. The molecule has 0 spiro atoms. The molecule has 0 N–H and O–H groups in total. The van der Waals surface area contributed by atoms with E-state index in [1.54, 1.807) is 0 Å². The van der Waals surface area contributed by atoms with Crippen LogP contribution in [0.1, 0.15) is 173 Å². The third-order valence-corrected chi connectivity index (χ3v) is 17.6. The van der Waals surface area contributed by atoms with Crippen LogP contribution < -0.4 is 3.52 Å². The summed E-state index contributed by atoms with van der Waals surface area (Å²) in [6, 6.07) is 48.2. The van der Waals surface area contributed by atoms with E-state index in [0.29, 0.717) is 0 Å². The van der Waals surface area contributed by atoms with Gasteiger partial charge in [0.1, 0.15) is 0 Å². The number of aryl methyl sites for hydroxylation is 1. The van der Waals surface area contributed by atoms with E-state index in [2.05, 4.69) is 241 Å². The monoisotopic (exact) mass is 917 g/mol. The first-order chi connectivity index (χ1) is 29.1. The van der Waals surface area contributed by atoms with Gasteiger partial charge in [-0.1, -0.05) is 39.5 Å². The fourth-order valence-corrected chi connectivity index (χ4v) is 14.2. The number of unbranched alkanes of at least 4 members (excludes halogenated alkanes) is 3. The normalized spacial score (nSPS) is 12.7. The van der Waals surface area contributed by atoms with Crippen LogP contribution >= 0.6 is 0 Å². The first-order valence-corrected chi connectivity index (χ1v) is 26.2. The van der Waals surface area contributed by atoms with Gasteiger partial charge in [-0.2, -0.15) is 0 Å². The summed E-state index contributed by atoms with van der Waals surface area (Å²) in [5.41, 5.74) is 6.97.